The summed E-state index contributed by atoms with van der Waals surface area (Å²) in [5.74, 6) is -0.0883. The Labute approximate surface area is 174 Å². The summed E-state index contributed by atoms with van der Waals surface area (Å²) in [6, 6.07) is 7.33. The van der Waals surface area contributed by atoms with Crippen LogP contribution in [-0.2, 0) is 9.59 Å². The van der Waals surface area contributed by atoms with Crippen molar-refractivity contribution in [2.75, 3.05) is 31.1 Å². The van der Waals surface area contributed by atoms with Gasteiger partial charge in [-0.1, -0.05) is 19.1 Å². The zero-order chi connectivity index (χ0) is 21.0. The van der Waals surface area contributed by atoms with Crippen molar-refractivity contribution >= 4 is 34.9 Å². The van der Waals surface area contributed by atoms with E-state index < -0.39 is 5.97 Å². The van der Waals surface area contributed by atoms with E-state index >= 15 is 0 Å². The lowest BCUT2D eigenvalue weighted by molar-refractivity contribution is -0.136. The van der Waals surface area contributed by atoms with Crippen LogP contribution >= 0.6 is 12.2 Å². The predicted molar refractivity (Wildman–Crippen MR) is 111 cm³/mol. The van der Waals surface area contributed by atoms with Gasteiger partial charge in [0.25, 0.3) is 5.91 Å². The molecule has 0 saturated carbocycles. The molecule has 1 amide bonds. The van der Waals surface area contributed by atoms with Gasteiger partial charge in [0.15, 0.2) is 10.9 Å². The number of aliphatic carboxylic acids is 1. The zero-order valence-electron chi connectivity index (χ0n) is 16.1. The summed E-state index contributed by atoms with van der Waals surface area (Å²) in [4.78, 5) is 28.7. The predicted octanol–water partition coefficient (Wildman–Crippen LogP) is 1.92. The van der Waals surface area contributed by atoms with Gasteiger partial charge in [0.05, 0.1) is 18.7 Å². The Morgan fingerprint density at radius 1 is 1.14 bits per heavy atom. The number of carbonyl (C=O) groups excluding carboxylic acids is 1. The summed E-state index contributed by atoms with van der Waals surface area (Å²) in [5, 5.41) is 18.8. The molecule has 2 N–H and O–H groups in total. The SMILES string of the molecule is CCCN1C(=O)C(=CC=C2Oc3ccccc3N2CCC(=O)O)N(CCO)C1=S. The molecule has 9 heteroatoms. The van der Waals surface area contributed by atoms with Crippen LogP contribution < -0.4 is 9.64 Å². The first kappa shape index (κ1) is 20.8. The van der Waals surface area contributed by atoms with Crippen LogP contribution in [-0.4, -0.2) is 63.2 Å². The largest absolute Gasteiger partial charge is 0.481 e. The number of β-amino-alcohol motifs (C(OH)–C–C–N with tert-alkyl or cyclic N) is 1. The molecular weight excluding hydrogens is 394 g/mol. The minimum absolute atomic E-state index is 0.0600. The van der Waals surface area contributed by atoms with Gasteiger partial charge < -0.3 is 24.7 Å². The molecule has 1 aromatic carbocycles. The van der Waals surface area contributed by atoms with Crippen LogP contribution in [0.15, 0.2) is 48.0 Å². The van der Waals surface area contributed by atoms with Crippen molar-refractivity contribution in [2.24, 2.45) is 0 Å². The number of carbonyl (C=O) groups is 2. The smallest absolute Gasteiger partial charge is 0.305 e. The topological polar surface area (TPSA) is 93.5 Å². The fourth-order valence-electron chi connectivity index (χ4n) is 3.25. The number of benzene rings is 1. The van der Waals surface area contributed by atoms with E-state index in [-0.39, 0.29) is 32.0 Å². The van der Waals surface area contributed by atoms with E-state index in [0.29, 0.717) is 29.0 Å². The number of aliphatic hydroxyl groups excluding tert-OH is 1. The molecule has 0 atom stereocenters. The van der Waals surface area contributed by atoms with Gasteiger partial charge in [-0.2, -0.15) is 0 Å². The first-order chi connectivity index (χ1) is 14.0. The maximum atomic E-state index is 12.8. The Morgan fingerprint density at radius 2 is 1.90 bits per heavy atom. The van der Waals surface area contributed by atoms with Crippen LogP contribution in [0.4, 0.5) is 5.69 Å². The van der Waals surface area contributed by atoms with Crippen LogP contribution in [0.2, 0.25) is 0 Å². The molecule has 1 aromatic rings. The maximum Gasteiger partial charge on any atom is 0.305 e. The third kappa shape index (κ3) is 4.25. The van der Waals surface area contributed by atoms with Crippen molar-refractivity contribution < 1.29 is 24.5 Å². The Balaban J connectivity index is 1.92. The standard InChI is InChI=1S/C20H23N3O5S/c1-2-10-23-19(27)15(22(12-13-24)20(23)29)7-8-17-21(11-9-18(25)26)14-5-3-4-6-16(14)28-17/h3-8,24H,2,9-13H2,1H3,(H,25,26). The summed E-state index contributed by atoms with van der Waals surface area (Å²) in [6.45, 7) is 2.76. The Kier molecular flexibility index (Phi) is 6.50. The van der Waals surface area contributed by atoms with Crippen LogP contribution in [0, 0.1) is 0 Å². The lowest BCUT2D eigenvalue weighted by Gasteiger charge is -2.19. The van der Waals surface area contributed by atoms with Crippen molar-refractivity contribution in [3.63, 3.8) is 0 Å². The van der Waals surface area contributed by atoms with Crippen LogP contribution in [0.3, 0.4) is 0 Å². The van der Waals surface area contributed by atoms with Gasteiger partial charge in [-0.3, -0.25) is 14.5 Å². The highest BCUT2D eigenvalue weighted by atomic mass is 32.1. The van der Waals surface area contributed by atoms with E-state index in [1.165, 1.54) is 4.90 Å². The minimum Gasteiger partial charge on any atom is -0.481 e. The second-order valence-corrected chi connectivity index (χ2v) is 6.90. The quantitative estimate of drug-likeness (QED) is 0.490. The summed E-state index contributed by atoms with van der Waals surface area (Å²) < 4.78 is 5.87. The number of nitrogens with zero attached hydrogens (tertiary/aromatic N) is 3. The number of carboxylic acid groups (broad SMARTS) is 1. The number of rotatable bonds is 8. The molecule has 154 valence electrons. The number of thiocarbonyl (C=S) groups is 1. The molecular formula is C20H23N3O5S. The third-order valence-corrected chi connectivity index (χ3v) is 5.00. The molecule has 8 nitrogen and oxygen atoms in total. The highest BCUT2D eigenvalue weighted by molar-refractivity contribution is 7.80. The first-order valence-corrected chi connectivity index (χ1v) is 9.81. The fourth-order valence-corrected chi connectivity index (χ4v) is 3.62. The highest BCUT2D eigenvalue weighted by Crippen LogP contribution is 2.38. The lowest BCUT2D eigenvalue weighted by atomic mass is 10.2. The van der Waals surface area contributed by atoms with Gasteiger partial charge in [0, 0.05) is 25.7 Å². The van der Waals surface area contributed by atoms with Gasteiger partial charge in [-0.15, -0.1) is 0 Å². The monoisotopic (exact) mass is 417 g/mol. The van der Waals surface area contributed by atoms with E-state index in [4.69, 9.17) is 22.1 Å². The molecule has 0 bridgehead atoms. The van der Waals surface area contributed by atoms with Gasteiger partial charge in [-0.25, -0.2) is 0 Å². The van der Waals surface area contributed by atoms with Gasteiger partial charge in [-0.05, 0) is 36.8 Å². The zero-order valence-corrected chi connectivity index (χ0v) is 16.9. The molecule has 1 fully saturated rings. The summed E-state index contributed by atoms with van der Waals surface area (Å²) in [7, 11) is 0. The summed E-state index contributed by atoms with van der Waals surface area (Å²) in [6.07, 6.45) is 3.94. The molecule has 29 heavy (non-hydrogen) atoms. The van der Waals surface area contributed by atoms with Gasteiger partial charge >= 0.3 is 5.97 Å². The number of carboxylic acids is 1. The van der Waals surface area contributed by atoms with E-state index in [0.717, 1.165) is 12.1 Å². The normalized spacial score (nSPS) is 18.8. The molecule has 2 heterocycles. The molecule has 1 saturated heterocycles. The van der Waals surface area contributed by atoms with Crippen LogP contribution in [0.25, 0.3) is 0 Å². The number of allylic oxidation sites excluding steroid dienone is 2. The lowest BCUT2D eigenvalue weighted by Crippen LogP contribution is -2.34. The molecule has 0 spiro atoms. The fraction of sp³-hybridized carbons (Fsp3) is 0.350. The van der Waals surface area contributed by atoms with E-state index in [2.05, 4.69) is 0 Å². The molecule has 0 aliphatic carbocycles. The number of ether oxygens (including phenoxy) is 1. The molecule has 2 aliphatic rings. The average molecular weight is 417 g/mol. The van der Waals surface area contributed by atoms with Crippen molar-refractivity contribution in [3.8, 4) is 5.75 Å². The Bertz CT molecular complexity index is 883. The number of aliphatic hydroxyl groups is 1. The summed E-state index contributed by atoms with van der Waals surface area (Å²) >= 11 is 5.40. The van der Waals surface area contributed by atoms with E-state index in [9.17, 15) is 14.7 Å². The Morgan fingerprint density at radius 3 is 2.59 bits per heavy atom. The number of hydrogen-bond donors (Lipinski definition) is 2. The number of amides is 1. The van der Waals surface area contributed by atoms with E-state index in [1.807, 2.05) is 25.1 Å². The Hall–Kier alpha value is -2.91. The van der Waals surface area contributed by atoms with E-state index in [1.54, 1.807) is 28.0 Å². The number of para-hydroxylation sites is 2. The van der Waals surface area contributed by atoms with Crippen LogP contribution in [0.5, 0.6) is 5.75 Å². The first-order valence-electron chi connectivity index (χ1n) is 9.40. The maximum absolute atomic E-state index is 12.8. The van der Waals surface area contributed by atoms with Crippen molar-refractivity contribution in [1.82, 2.24) is 9.80 Å². The van der Waals surface area contributed by atoms with Gasteiger partial charge in [0.2, 0.25) is 5.88 Å². The molecule has 2 aliphatic heterocycles. The number of hydrogen-bond acceptors (Lipinski definition) is 6. The third-order valence-electron chi connectivity index (χ3n) is 4.56. The average Bonchev–Trinajstić information content (AvgIpc) is 3.16. The second kappa shape index (κ2) is 9.06. The molecule has 3 rings (SSSR count). The molecule has 0 aromatic heterocycles. The van der Waals surface area contributed by atoms with Crippen molar-refractivity contribution in [1.29, 1.82) is 0 Å². The summed E-state index contributed by atoms with van der Waals surface area (Å²) in [5.41, 5.74) is 1.12. The number of anilines is 1. The van der Waals surface area contributed by atoms with Gasteiger partial charge in [0.1, 0.15) is 5.70 Å². The van der Waals surface area contributed by atoms with Crippen molar-refractivity contribution in [2.45, 2.75) is 19.8 Å². The number of fused-ring (bicyclic) bond motifs is 1. The minimum atomic E-state index is -0.910. The highest BCUT2D eigenvalue weighted by Gasteiger charge is 2.37. The molecule has 0 radical (unpaired) electrons. The second-order valence-electron chi connectivity index (χ2n) is 6.54. The van der Waals surface area contributed by atoms with Crippen molar-refractivity contribution in [3.05, 3.63) is 48.0 Å². The molecule has 0 unspecified atom stereocenters. The van der Waals surface area contributed by atoms with Crippen LogP contribution in [0.1, 0.15) is 19.8 Å².